The third-order valence-corrected chi connectivity index (χ3v) is 8.47. The number of amides is 1. The van der Waals surface area contributed by atoms with Crippen LogP contribution in [0.3, 0.4) is 0 Å². The highest BCUT2D eigenvalue weighted by Gasteiger charge is 2.38. The standard InChI is InChI=1S/C34H32ClF3N6O2.C2HF3O2/c35-29-19-26(9-10-30(29)46-27-8-4-7-24(18-27)34(36,37)38)42-32-28-17-23(11-14-39-31(28)40-21-41-32)33(45)43-25-12-15-44(16-13-25)20-22-5-2-1-3-6-22;3-2(4,5)1(6)7/h1-10,17-19,21,25H,11-16,20H2,(H,43,45)(H2,39,40,41,42);(H,6,7). The molecule has 1 aromatic heterocycles. The minimum atomic E-state index is -5.08. The Morgan fingerprint density at radius 1 is 0.962 bits per heavy atom. The zero-order valence-electron chi connectivity index (χ0n) is 27.8. The zero-order chi connectivity index (χ0) is 38.2. The number of anilines is 3. The summed E-state index contributed by atoms with van der Waals surface area (Å²) in [6.07, 6.45) is -4.07. The van der Waals surface area contributed by atoms with Crippen LogP contribution in [0.25, 0.3) is 6.08 Å². The average Bonchev–Trinajstić information content (AvgIpc) is 3.34. The van der Waals surface area contributed by atoms with Gasteiger partial charge < -0.3 is 25.8 Å². The number of hydrogen-bond acceptors (Lipinski definition) is 8. The molecule has 10 nitrogen and oxygen atoms in total. The molecule has 0 aliphatic carbocycles. The van der Waals surface area contributed by atoms with E-state index in [1.807, 2.05) is 12.1 Å². The minimum absolute atomic E-state index is 0.0123. The normalized spacial score (nSPS) is 15.0. The molecule has 4 aromatic rings. The summed E-state index contributed by atoms with van der Waals surface area (Å²) < 4.78 is 76.7. The van der Waals surface area contributed by atoms with Crippen molar-refractivity contribution in [1.29, 1.82) is 0 Å². The lowest BCUT2D eigenvalue weighted by Gasteiger charge is -2.32. The van der Waals surface area contributed by atoms with E-state index in [2.05, 4.69) is 55.1 Å². The molecule has 3 heterocycles. The summed E-state index contributed by atoms with van der Waals surface area (Å²) in [5, 5.41) is 17.0. The van der Waals surface area contributed by atoms with Gasteiger partial charge in [0, 0.05) is 43.5 Å². The number of hydrogen-bond donors (Lipinski definition) is 4. The molecule has 0 bridgehead atoms. The largest absolute Gasteiger partial charge is 0.490 e. The van der Waals surface area contributed by atoms with Crippen LogP contribution < -0.4 is 20.7 Å². The summed E-state index contributed by atoms with van der Waals surface area (Å²) in [4.78, 5) is 33.5. The fraction of sp³-hybridized carbons (Fsp3) is 0.278. The van der Waals surface area contributed by atoms with Gasteiger partial charge in [-0.05, 0) is 67.3 Å². The quantitative estimate of drug-likeness (QED) is 0.131. The van der Waals surface area contributed by atoms with Crippen LogP contribution in [0.5, 0.6) is 11.5 Å². The first kappa shape index (κ1) is 38.9. The molecule has 0 radical (unpaired) electrons. The van der Waals surface area contributed by atoms with E-state index < -0.39 is 23.9 Å². The second-order valence-corrected chi connectivity index (χ2v) is 12.4. The van der Waals surface area contributed by atoms with Crippen molar-refractivity contribution in [2.45, 2.75) is 44.2 Å². The molecule has 0 saturated carbocycles. The predicted molar refractivity (Wildman–Crippen MR) is 186 cm³/mol. The van der Waals surface area contributed by atoms with Crippen LogP contribution >= 0.6 is 11.6 Å². The first-order chi connectivity index (χ1) is 25.2. The number of nitrogens with one attached hydrogen (secondary N) is 3. The molecule has 1 fully saturated rings. The Morgan fingerprint density at radius 3 is 2.34 bits per heavy atom. The number of carbonyl (C=O) groups excluding carboxylic acids is 1. The van der Waals surface area contributed by atoms with Gasteiger partial charge in [-0.3, -0.25) is 9.69 Å². The van der Waals surface area contributed by atoms with Crippen LogP contribution in [0.4, 0.5) is 43.7 Å². The molecule has 0 spiro atoms. The molecule has 53 heavy (non-hydrogen) atoms. The maximum atomic E-state index is 13.4. The van der Waals surface area contributed by atoms with Gasteiger partial charge in [0.15, 0.2) is 0 Å². The van der Waals surface area contributed by atoms with Crippen LogP contribution in [-0.4, -0.2) is 63.7 Å². The van der Waals surface area contributed by atoms with E-state index >= 15 is 0 Å². The Labute approximate surface area is 304 Å². The van der Waals surface area contributed by atoms with Crippen molar-refractivity contribution in [2.75, 3.05) is 30.3 Å². The van der Waals surface area contributed by atoms with Gasteiger partial charge >= 0.3 is 18.3 Å². The van der Waals surface area contributed by atoms with E-state index in [0.717, 1.165) is 44.6 Å². The topological polar surface area (TPSA) is 129 Å². The molecule has 1 saturated heterocycles. The molecule has 280 valence electrons. The van der Waals surface area contributed by atoms with E-state index in [0.29, 0.717) is 41.4 Å². The highest BCUT2D eigenvalue weighted by molar-refractivity contribution is 6.32. The van der Waals surface area contributed by atoms with Crippen LogP contribution in [-0.2, 0) is 22.3 Å². The van der Waals surface area contributed by atoms with Crippen molar-refractivity contribution in [3.05, 3.63) is 106 Å². The molecule has 4 N–H and O–H groups in total. The molecule has 3 aromatic carbocycles. The second-order valence-electron chi connectivity index (χ2n) is 12.0. The summed E-state index contributed by atoms with van der Waals surface area (Å²) >= 11 is 6.45. The number of piperidine rings is 1. The fourth-order valence-corrected chi connectivity index (χ4v) is 5.75. The minimum Gasteiger partial charge on any atom is -0.475 e. The first-order valence-corrected chi connectivity index (χ1v) is 16.6. The predicted octanol–water partition coefficient (Wildman–Crippen LogP) is 8.30. The van der Waals surface area contributed by atoms with Crippen LogP contribution in [0.15, 0.2) is 84.7 Å². The van der Waals surface area contributed by atoms with E-state index in [1.165, 1.54) is 24.0 Å². The molecular weight excluding hydrogens is 730 g/mol. The summed E-state index contributed by atoms with van der Waals surface area (Å²) in [6.45, 7) is 3.27. The molecule has 1 amide bonds. The van der Waals surface area contributed by atoms with E-state index in [4.69, 9.17) is 26.2 Å². The van der Waals surface area contributed by atoms with Crippen molar-refractivity contribution >= 4 is 46.9 Å². The van der Waals surface area contributed by atoms with Gasteiger partial charge in [-0.15, -0.1) is 0 Å². The number of carboxylic acid groups (broad SMARTS) is 1. The Balaban J connectivity index is 0.000000705. The molecule has 2 aliphatic rings. The Hall–Kier alpha value is -5.35. The summed E-state index contributed by atoms with van der Waals surface area (Å²) in [5.41, 5.74) is 2.28. The monoisotopic (exact) mass is 762 g/mol. The van der Waals surface area contributed by atoms with Crippen LogP contribution in [0, 0.1) is 0 Å². The smallest absolute Gasteiger partial charge is 0.475 e. The maximum absolute atomic E-state index is 13.4. The van der Waals surface area contributed by atoms with E-state index in [1.54, 1.807) is 18.2 Å². The van der Waals surface area contributed by atoms with Gasteiger partial charge in [-0.1, -0.05) is 48.0 Å². The molecule has 6 rings (SSSR count). The highest BCUT2D eigenvalue weighted by Crippen LogP contribution is 2.37. The fourth-order valence-electron chi connectivity index (χ4n) is 5.53. The molecule has 0 atom stereocenters. The number of aliphatic carboxylic acids is 1. The zero-order valence-corrected chi connectivity index (χ0v) is 28.5. The van der Waals surface area contributed by atoms with Crippen molar-refractivity contribution < 1.29 is 45.8 Å². The molecule has 2 aliphatic heterocycles. The number of ether oxygens (including phenoxy) is 1. The van der Waals surface area contributed by atoms with Crippen molar-refractivity contribution in [3.63, 3.8) is 0 Å². The second kappa shape index (κ2) is 17.0. The lowest BCUT2D eigenvalue weighted by atomic mass is 10.0. The molecule has 17 heteroatoms. The number of rotatable bonds is 8. The van der Waals surface area contributed by atoms with Gasteiger partial charge in [-0.2, -0.15) is 26.3 Å². The number of aromatic nitrogens is 2. The number of benzene rings is 3. The average molecular weight is 763 g/mol. The highest BCUT2D eigenvalue weighted by atomic mass is 35.5. The van der Waals surface area contributed by atoms with Gasteiger partial charge in [0.1, 0.15) is 29.5 Å². The Kier molecular flexibility index (Phi) is 12.5. The summed E-state index contributed by atoms with van der Waals surface area (Å²) in [5.74, 6) is -1.61. The Morgan fingerprint density at radius 2 is 1.68 bits per heavy atom. The lowest BCUT2D eigenvalue weighted by Crippen LogP contribution is -2.44. The van der Waals surface area contributed by atoms with Crippen LogP contribution in [0.1, 0.15) is 36.0 Å². The number of carboxylic acids is 1. The van der Waals surface area contributed by atoms with Crippen LogP contribution in [0.2, 0.25) is 5.02 Å². The number of likely N-dealkylation sites (tertiary alicyclic amines) is 1. The molecule has 0 unspecified atom stereocenters. The Bertz CT molecular complexity index is 1940. The number of carbonyl (C=O) groups is 2. The third kappa shape index (κ3) is 11.1. The number of fused-ring (bicyclic) bond motifs is 1. The lowest BCUT2D eigenvalue weighted by molar-refractivity contribution is -0.192. The van der Waals surface area contributed by atoms with Gasteiger partial charge in [-0.25, -0.2) is 14.8 Å². The summed E-state index contributed by atoms with van der Waals surface area (Å²) in [6, 6.07) is 19.9. The number of halogens is 7. The number of alkyl halides is 6. The third-order valence-electron chi connectivity index (χ3n) is 8.18. The van der Waals surface area contributed by atoms with Gasteiger partial charge in [0.2, 0.25) is 5.91 Å². The van der Waals surface area contributed by atoms with Gasteiger partial charge in [0.25, 0.3) is 0 Å². The SMILES string of the molecule is O=C(NC1CCN(Cc2ccccc2)CC1)C1=Cc2c(ncnc2Nc2ccc(Oc3cccc(C(F)(F)F)c3)c(Cl)c2)NCC1.O=C(O)C(F)(F)F. The van der Waals surface area contributed by atoms with Crippen molar-refractivity contribution in [1.82, 2.24) is 20.2 Å². The van der Waals surface area contributed by atoms with Gasteiger partial charge in [0.05, 0.1) is 16.1 Å². The first-order valence-electron chi connectivity index (χ1n) is 16.2. The summed E-state index contributed by atoms with van der Waals surface area (Å²) in [7, 11) is 0. The van der Waals surface area contributed by atoms with Crippen molar-refractivity contribution in [3.8, 4) is 11.5 Å². The molecular formula is C36H33ClF6N6O4. The van der Waals surface area contributed by atoms with E-state index in [-0.39, 0.29) is 28.5 Å². The van der Waals surface area contributed by atoms with E-state index in [9.17, 15) is 31.1 Å². The van der Waals surface area contributed by atoms with Crippen molar-refractivity contribution in [2.24, 2.45) is 0 Å². The number of nitrogens with zero attached hydrogens (tertiary/aromatic N) is 3. The maximum Gasteiger partial charge on any atom is 0.490 e.